The van der Waals surface area contributed by atoms with Gasteiger partial charge in [0.1, 0.15) is 0 Å². The van der Waals surface area contributed by atoms with Crippen LogP contribution in [0, 0.1) is 0 Å². The normalized spacial score (nSPS) is 18.2. The first-order chi connectivity index (χ1) is 6.83. The Kier molecular flexibility index (Phi) is 2.53. The highest BCUT2D eigenvalue weighted by Crippen LogP contribution is 2.35. The first-order valence-corrected chi connectivity index (χ1v) is 5.07. The largest absolute Gasteiger partial charge is 0.465 e. The molecule has 1 atom stereocenters. The second-order valence-electron chi connectivity index (χ2n) is 3.62. The Balaban J connectivity index is 2.01. The zero-order valence-corrected chi connectivity index (χ0v) is 8.32. The maximum Gasteiger partial charge on any atom is 0.313 e. The van der Waals surface area contributed by atoms with Crippen molar-refractivity contribution in [3.05, 3.63) is 35.4 Å². The lowest BCUT2D eigenvalue weighted by Gasteiger charge is -2.27. The SMILES string of the molecule is CCCOC(=O)C1Cc2ccccc21. The molecule has 1 aromatic rings. The van der Waals surface area contributed by atoms with E-state index in [1.165, 1.54) is 5.56 Å². The molecule has 0 aliphatic heterocycles. The van der Waals surface area contributed by atoms with Crippen molar-refractivity contribution >= 4 is 5.97 Å². The van der Waals surface area contributed by atoms with Gasteiger partial charge in [-0.15, -0.1) is 0 Å². The predicted molar refractivity (Wildman–Crippen MR) is 54.1 cm³/mol. The summed E-state index contributed by atoms with van der Waals surface area (Å²) in [7, 11) is 0. The third kappa shape index (κ3) is 1.52. The van der Waals surface area contributed by atoms with Gasteiger partial charge in [-0.3, -0.25) is 4.79 Å². The predicted octanol–water partition coefficient (Wildman–Crippen LogP) is 2.28. The van der Waals surface area contributed by atoms with Gasteiger partial charge in [0, 0.05) is 0 Å². The fourth-order valence-electron chi connectivity index (χ4n) is 1.77. The minimum atomic E-state index is -0.0643. The van der Waals surface area contributed by atoms with Gasteiger partial charge in [0.05, 0.1) is 12.5 Å². The van der Waals surface area contributed by atoms with Gasteiger partial charge in [0.25, 0.3) is 0 Å². The summed E-state index contributed by atoms with van der Waals surface area (Å²) in [5, 5.41) is 0. The maximum atomic E-state index is 11.5. The van der Waals surface area contributed by atoms with Crippen molar-refractivity contribution in [2.45, 2.75) is 25.7 Å². The molecule has 0 N–H and O–H groups in total. The monoisotopic (exact) mass is 190 g/mol. The zero-order valence-electron chi connectivity index (χ0n) is 8.32. The van der Waals surface area contributed by atoms with Crippen LogP contribution in [0.2, 0.25) is 0 Å². The molecule has 0 fully saturated rings. The number of carbonyl (C=O) groups excluding carboxylic acids is 1. The molecule has 1 aliphatic rings. The minimum Gasteiger partial charge on any atom is -0.465 e. The van der Waals surface area contributed by atoms with Crippen molar-refractivity contribution in [1.82, 2.24) is 0 Å². The number of rotatable bonds is 3. The van der Waals surface area contributed by atoms with Gasteiger partial charge in [0.15, 0.2) is 0 Å². The fourth-order valence-corrected chi connectivity index (χ4v) is 1.77. The molecule has 2 nitrogen and oxygen atoms in total. The molecule has 0 heterocycles. The molecule has 2 heteroatoms. The van der Waals surface area contributed by atoms with E-state index in [9.17, 15) is 4.79 Å². The molecule has 0 bridgehead atoms. The Morgan fingerprint density at radius 2 is 2.29 bits per heavy atom. The first kappa shape index (κ1) is 9.25. The lowest BCUT2D eigenvalue weighted by atomic mass is 9.78. The van der Waals surface area contributed by atoms with Crippen LogP contribution in [0.1, 0.15) is 30.4 Å². The molecule has 0 saturated carbocycles. The van der Waals surface area contributed by atoms with Crippen LogP contribution in [0.15, 0.2) is 24.3 Å². The van der Waals surface area contributed by atoms with Crippen LogP contribution in [0.25, 0.3) is 0 Å². The topological polar surface area (TPSA) is 26.3 Å². The van der Waals surface area contributed by atoms with Crippen LogP contribution >= 0.6 is 0 Å². The molecule has 0 saturated heterocycles. The van der Waals surface area contributed by atoms with Crippen LogP contribution in [0.4, 0.5) is 0 Å². The van der Waals surface area contributed by atoms with Crippen LogP contribution in [0.5, 0.6) is 0 Å². The quantitative estimate of drug-likeness (QED) is 0.683. The van der Waals surface area contributed by atoms with Crippen molar-refractivity contribution in [2.24, 2.45) is 0 Å². The van der Waals surface area contributed by atoms with Gasteiger partial charge >= 0.3 is 5.97 Å². The van der Waals surface area contributed by atoms with Crippen molar-refractivity contribution in [3.63, 3.8) is 0 Å². The molecule has 0 radical (unpaired) electrons. The summed E-state index contributed by atoms with van der Waals surface area (Å²) >= 11 is 0. The summed E-state index contributed by atoms with van der Waals surface area (Å²) in [6.45, 7) is 2.54. The summed E-state index contributed by atoms with van der Waals surface area (Å²) in [5.74, 6) is -0.0664. The van der Waals surface area contributed by atoms with Crippen LogP contribution in [0.3, 0.4) is 0 Å². The molecule has 0 amide bonds. The molecular formula is C12H14O2. The second kappa shape index (κ2) is 3.82. The Labute approximate surface area is 83.9 Å². The number of hydrogen-bond acceptors (Lipinski definition) is 2. The Morgan fingerprint density at radius 1 is 1.50 bits per heavy atom. The number of benzene rings is 1. The molecule has 1 aromatic carbocycles. The van der Waals surface area contributed by atoms with Crippen LogP contribution < -0.4 is 0 Å². The van der Waals surface area contributed by atoms with E-state index >= 15 is 0 Å². The number of fused-ring (bicyclic) bond motifs is 1. The van der Waals surface area contributed by atoms with Gasteiger partial charge in [0.2, 0.25) is 0 Å². The van der Waals surface area contributed by atoms with E-state index in [-0.39, 0.29) is 11.9 Å². The average Bonchev–Trinajstić information content (AvgIpc) is 2.17. The molecule has 1 unspecified atom stereocenters. The summed E-state index contributed by atoms with van der Waals surface area (Å²) < 4.78 is 5.11. The highest BCUT2D eigenvalue weighted by atomic mass is 16.5. The minimum absolute atomic E-state index is 0.00208. The van der Waals surface area contributed by atoms with Crippen LogP contribution in [-0.2, 0) is 16.0 Å². The first-order valence-electron chi connectivity index (χ1n) is 5.07. The third-order valence-electron chi connectivity index (χ3n) is 2.59. The fraction of sp³-hybridized carbons (Fsp3) is 0.417. The van der Waals surface area contributed by atoms with E-state index in [2.05, 4.69) is 6.07 Å². The van der Waals surface area contributed by atoms with E-state index in [0.717, 1.165) is 18.4 Å². The second-order valence-corrected chi connectivity index (χ2v) is 3.62. The van der Waals surface area contributed by atoms with Crippen LogP contribution in [-0.4, -0.2) is 12.6 Å². The molecule has 14 heavy (non-hydrogen) atoms. The molecule has 2 rings (SSSR count). The van der Waals surface area contributed by atoms with E-state index < -0.39 is 0 Å². The Morgan fingerprint density at radius 3 is 3.00 bits per heavy atom. The summed E-state index contributed by atoms with van der Waals surface area (Å²) in [4.78, 5) is 11.5. The van der Waals surface area contributed by atoms with E-state index in [0.29, 0.717) is 6.61 Å². The Bertz CT molecular complexity index is 344. The number of ether oxygens (including phenoxy) is 1. The lowest BCUT2D eigenvalue weighted by molar-refractivity contribution is -0.146. The summed E-state index contributed by atoms with van der Waals surface area (Å²) in [6, 6.07) is 8.06. The summed E-state index contributed by atoms with van der Waals surface area (Å²) in [6.07, 6.45) is 1.73. The standard InChI is InChI=1S/C12H14O2/c1-2-7-14-12(13)11-8-9-5-3-4-6-10(9)11/h3-6,11H,2,7-8H2,1H3. The summed E-state index contributed by atoms with van der Waals surface area (Å²) in [5.41, 5.74) is 2.43. The van der Waals surface area contributed by atoms with E-state index in [1.54, 1.807) is 0 Å². The average molecular weight is 190 g/mol. The Hall–Kier alpha value is -1.31. The van der Waals surface area contributed by atoms with Crippen molar-refractivity contribution in [3.8, 4) is 0 Å². The van der Waals surface area contributed by atoms with E-state index in [1.807, 2.05) is 25.1 Å². The number of hydrogen-bond donors (Lipinski definition) is 0. The molecule has 74 valence electrons. The van der Waals surface area contributed by atoms with Crippen molar-refractivity contribution in [2.75, 3.05) is 6.61 Å². The molecule has 0 aromatic heterocycles. The maximum absolute atomic E-state index is 11.5. The van der Waals surface area contributed by atoms with Crippen molar-refractivity contribution in [1.29, 1.82) is 0 Å². The lowest BCUT2D eigenvalue weighted by Crippen LogP contribution is -2.27. The van der Waals surface area contributed by atoms with Crippen molar-refractivity contribution < 1.29 is 9.53 Å². The number of esters is 1. The van der Waals surface area contributed by atoms with Gasteiger partial charge in [-0.1, -0.05) is 31.2 Å². The molecule has 1 aliphatic carbocycles. The number of carbonyl (C=O) groups is 1. The molecular weight excluding hydrogens is 176 g/mol. The van der Waals surface area contributed by atoms with Gasteiger partial charge in [-0.2, -0.15) is 0 Å². The van der Waals surface area contributed by atoms with Gasteiger partial charge < -0.3 is 4.74 Å². The third-order valence-corrected chi connectivity index (χ3v) is 2.59. The zero-order chi connectivity index (χ0) is 9.97. The smallest absolute Gasteiger partial charge is 0.313 e. The highest BCUT2D eigenvalue weighted by Gasteiger charge is 2.32. The molecule has 0 spiro atoms. The highest BCUT2D eigenvalue weighted by molar-refractivity contribution is 5.82. The van der Waals surface area contributed by atoms with Gasteiger partial charge in [-0.05, 0) is 24.0 Å². The van der Waals surface area contributed by atoms with Gasteiger partial charge in [-0.25, -0.2) is 0 Å². The van der Waals surface area contributed by atoms with E-state index in [4.69, 9.17) is 4.74 Å².